The first-order valence-corrected chi connectivity index (χ1v) is 7.85. The van der Waals surface area contributed by atoms with Gasteiger partial charge in [0.05, 0.1) is 25.7 Å². The summed E-state index contributed by atoms with van der Waals surface area (Å²) in [7, 11) is 4.10. The molecule has 2 aromatic rings. The molecule has 0 heterocycles. The Morgan fingerprint density at radius 3 is 2.42 bits per heavy atom. The van der Waals surface area contributed by atoms with Crippen LogP contribution in [0.5, 0.6) is 5.75 Å². The van der Waals surface area contributed by atoms with Crippen LogP contribution >= 0.6 is 0 Å². The minimum absolute atomic E-state index is 0.0575. The fourth-order valence-corrected chi connectivity index (χ4v) is 2.36. The van der Waals surface area contributed by atoms with Gasteiger partial charge in [-0.2, -0.15) is 5.26 Å². The van der Waals surface area contributed by atoms with E-state index in [0.29, 0.717) is 11.3 Å². The quantitative estimate of drug-likeness (QED) is 0.796. The number of nitrogens with zero attached hydrogens (tertiary/aromatic N) is 1. The summed E-state index contributed by atoms with van der Waals surface area (Å²) < 4.78 is 5.48. The molecule has 0 aliphatic heterocycles. The van der Waals surface area contributed by atoms with Crippen molar-refractivity contribution >= 4 is 5.91 Å². The van der Waals surface area contributed by atoms with Crippen LogP contribution in [0.15, 0.2) is 54.6 Å². The van der Waals surface area contributed by atoms with E-state index in [4.69, 9.17) is 10.00 Å². The molecule has 2 N–H and O–H groups in total. The van der Waals surface area contributed by atoms with Gasteiger partial charge in [-0.25, -0.2) is 0 Å². The second kappa shape index (κ2) is 8.70. The lowest BCUT2D eigenvalue weighted by atomic mass is 10.1. The van der Waals surface area contributed by atoms with Gasteiger partial charge in [0.15, 0.2) is 6.61 Å². The van der Waals surface area contributed by atoms with Gasteiger partial charge >= 0.3 is 0 Å². The predicted octanol–water partition coefficient (Wildman–Crippen LogP) is 0.939. The van der Waals surface area contributed by atoms with Crippen molar-refractivity contribution in [1.29, 1.82) is 5.26 Å². The third kappa shape index (κ3) is 5.41. The predicted molar refractivity (Wildman–Crippen MR) is 91.7 cm³/mol. The number of nitrogens with one attached hydrogen (secondary N) is 2. The molecule has 1 atom stereocenters. The van der Waals surface area contributed by atoms with Crippen LogP contribution < -0.4 is 15.0 Å². The molecule has 2 aromatic carbocycles. The lowest BCUT2D eigenvalue weighted by molar-refractivity contribution is -0.860. The van der Waals surface area contributed by atoms with Crippen molar-refractivity contribution in [2.45, 2.75) is 6.04 Å². The van der Waals surface area contributed by atoms with Crippen molar-refractivity contribution in [3.63, 3.8) is 0 Å². The van der Waals surface area contributed by atoms with Crippen molar-refractivity contribution in [2.75, 3.05) is 27.2 Å². The van der Waals surface area contributed by atoms with E-state index in [1.54, 1.807) is 24.3 Å². The summed E-state index contributed by atoms with van der Waals surface area (Å²) in [4.78, 5) is 13.5. The summed E-state index contributed by atoms with van der Waals surface area (Å²) in [6.07, 6.45) is 0. The highest BCUT2D eigenvalue weighted by Crippen LogP contribution is 2.13. The molecule has 5 heteroatoms. The van der Waals surface area contributed by atoms with Gasteiger partial charge < -0.3 is 15.0 Å². The Bertz CT molecular complexity index is 691. The average molecular weight is 324 g/mol. The van der Waals surface area contributed by atoms with Crippen molar-refractivity contribution in [1.82, 2.24) is 5.32 Å². The normalized spacial score (nSPS) is 11.6. The molecule has 0 aliphatic carbocycles. The number of benzene rings is 2. The third-order valence-electron chi connectivity index (χ3n) is 3.50. The van der Waals surface area contributed by atoms with E-state index < -0.39 is 0 Å². The molecule has 0 spiro atoms. The zero-order valence-corrected chi connectivity index (χ0v) is 14.0. The van der Waals surface area contributed by atoms with Gasteiger partial charge in [-0.1, -0.05) is 30.3 Å². The molecule has 0 bridgehead atoms. The highest BCUT2D eigenvalue weighted by molar-refractivity contribution is 5.78. The van der Waals surface area contributed by atoms with Gasteiger partial charge in [0.1, 0.15) is 18.3 Å². The third-order valence-corrected chi connectivity index (χ3v) is 3.50. The van der Waals surface area contributed by atoms with Crippen LogP contribution in [0.3, 0.4) is 0 Å². The topological polar surface area (TPSA) is 66.6 Å². The van der Waals surface area contributed by atoms with Gasteiger partial charge in [0.2, 0.25) is 0 Å². The van der Waals surface area contributed by atoms with E-state index in [1.165, 1.54) is 4.90 Å². The number of rotatable bonds is 7. The van der Waals surface area contributed by atoms with Crippen LogP contribution in [-0.2, 0) is 4.79 Å². The summed E-state index contributed by atoms with van der Waals surface area (Å²) in [6, 6.07) is 18.6. The highest BCUT2D eigenvalue weighted by Gasteiger charge is 2.17. The molecule has 0 fully saturated rings. The molecular formula is C19H22N3O2+. The molecule has 0 unspecified atom stereocenters. The molecule has 0 aromatic heterocycles. The van der Waals surface area contributed by atoms with E-state index >= 15 is 0 Å². The van der Waals surface area contributed by atoms with E-state index in [1.807, 2.05) is 36.4 Å². The second-order valence-corrected chi connectivity index (χ2v) is 5.87. The van der Waals surface area contributed by atoms with Crippen LogP contribution in [-0.4, -0.2) is 33.2 Å². The molecular weight excluding hydrogens is 302 g/mol. The zero-order valence-electron chi connectivity index (χ0n) is 14.0. The Balaban J connectivity index is 1.93. The minimum Gasteiger partial charge on any atom is -0.484 e. The van der Waals surface area contributed by atoms with E-state index in [2.05, 4.69) is 19.4 Å². The Hall–Kier alpha value is -2.84. The van der Waals surface area contributed by atoms with Gasteiger partial charge in [-0.15, -0.1) is 0 Å². The van der Waals surface area contributed by atoms with Crippen molar-refractivity contribution < 1.29 is 14.4 Å². The Labute approximate surface area is 142 Å². The number of amides is 1. The SMILES string of the molecule is C[NH+](C)C[C@H](NC(=O)COc1ccc(C#N)cc1)c1ccccc1. The number of likely N-dealkylation sites (N-methyl/N-ethyl adjacent to an activating group) is 1. The molecule has 0 radical (unpaired) electrons. The average Bonchev–Trinajstić information content (AvgIpc) is 2.60. The van der Waals surface area contributed by atoms with Gasteiger partial charge in [-0.3, -0.25) is 4.79 Å². The Morgan fingerprint density at radius 2 is 1.83 bits per heavy atom. The number of carbonyl (C=O) groups excluding carboxylic acids is 1. The fourth-order valence-electron chi connectivity index (χ4n) is 2.36. The molecule has 2 rings (SSSR count). The van der Waals surface area contributed by atoms with Crippen LogP contribution in [0, 0.1) is 11.3 Å². The number of hydrogen-bond acceptors (Lipinski definition) is 3. The number of carbonyl (C=O) groups is 1. The fraction of sp³-hybridized carbons (Fsp3) is 0.263. The smallest absolute Gasteiger partial charge is 0.258 e. The largest absolute Gasteiger partial charge is 0.484 e. The lowest BCUT2D eigenvalue weighted by Crippen LogP contribution is -3.06. The first-order chi connectivity index (χ1) is 11.6. The number of hydrogen-bond donors (Lipinski definition) is 2. The lowest BCUT2D eigenvalue weighted by Gasteiger charge is -2.21. The Kier molecular flexibility index (Phi) is 6.35. The van der Waals surface area contributed by atoms with Crippen LogP contribution in [0.1, 0.15) is 17.2 Å². The summed E-state index contributed by atoms with van der Waals surface area (Å²) in [5, 5.41) is 11.8. The maximum Gasteiger partial charge on any atom is 0.258 e. The maximum atomic E-state index is 12.2. The number of ether oxygens (including phenoxy) is 1. The summed E-state index contributed by atoms with van der Waals surface area (Å²) in [5.41, 5.74) is 1.63. The Morgan fingerprint density at radius 1 is 1.17 bits per heavy atom. The van der Waals surface area contributed by atoms with Crippen LogP contribution in [0.25, 0.3) is 0 Å². The highest BCUT2D eigenvalue weighted by atomic mass is 16.5. The summed E-state index contributed by atoms with van der Waals surface area (Å²) >= 11 is 0. The molecule has 124 valence electrons. The van der Waals surface area contributed by atoms with Gasteiger partial charge in [-0.05, 0) is 29.8 Å². The maximum absolute atomic E-state index is 12.2. The molecule has 24 heavy (non-hydrogen) atoms. The standard InChI is InChI=1S/C19H21N3O2/c1-22(2)13-18(16-6-4-3-5-7-16)21-19(23)14-24-17-10-8-15(12-20)9-11-17/h3-11,18H,13-14H2,1-2H3,(H,21,23)/p+1/t18-/m0/s1. The first-order valence-electron chi connectivity index (χ1n) is 7.85. The first kappa shape index (κ1) is 17.5. The van der Waals surface area contributed by atoms with Crippen LogP contribution in [0.2, 0.25) is 0 Å². The van der Waals surface area contributed by atoms with Gasteiger partial charge in [0, 0.05) is 0 Å². The van der Waals surface area contributed by atoms with Crippen molar-refractivity contribution in [3.8, 4) is 11.8 Å². The summed E-state index contributed by atoms with van der Waals surface area (Å²) in [6.45, 7) is 0.727. The van der Waals surface area contributed by atoms with Crippen LogP contribution in [0.4, 0.5) is 0 Å². The second-order valence-electron chi connectivity index (χ2n) is 5.87. The molecule has 1 amide bonds. The summed E-state index contributed by atoms with van der Waals surface area (Å²) in [5.74, 6) is 0.396. The molecule has 5 nitrogen and oxygen atoms in total. The molecule has 0 saturated carbocycles. The minimum atomic E-state index is -0.172. The van der Waals surface area contributed by atoms with Gasteiger partial charge in [0.25, 0.3) is 5.91 Å². The number of nitriles is 1. The monoisotopic (exact) mass is 324 g/mol. The zero-order chi connectivity index (χ0) is 17.4. The molecule has 0 aliphatic rings. The molecule has 0 saturated heterocycles. The van der Waals surface area contributed by atoms with E-state index in [9.17, 15) is 4.79 Å². The number of quaternary nitrogens is 1. The van der Waals surface area contributed by atoms with E-state index in [-0.39, 0.29) is 18.6 Å². The van der Waals surface area contributed by atoms with Crippen molar-refractivity contribution in [3.05, 3.63) is 65.7 Å². The van der Waals surface area contributed by atoms with Crippen molar-refractivity contribution in [2.24, 2.45) is 0 Å². The van der Waals surface area contributed by atoms with E-state index in [0.717, 1.165) is 12.1 Å².